The van der Waals surface area contributed by atoms with Crippen LogP contribution in [0.15, 0.2) is 48.5 Å². The Morgan fingerprint density at radius 3 is 1.79 bits per heavy atom. The van der Waals surface area contributed by atoms with E-state index >= 15 is 0 Å². The summed E-state index contributed by atoms with van der Waals surface area (Å²) in [5.41, 5.74) is 3.25. The van der Waals surface area contributed by atoms with Crippen LogP contribution in [0.4, 0.5) is 13.2 Å². The number of alkyl halides is 3. The molecule has 128 valence electrons. The van der Waals surface area contributed by atoms with E-state index in [4.69, 9.17) is 0 Å². The van der Waals surface area contributed by atoms with E-state index in [-0.39, 0.29) is 5.75 Å². The van der Waals surface area contributed by atoms with Gasteiger partial charge in [-0.15, -0.1) is 13.2 Å². The molecule has 1 aliphatic rings. The van der Waals surface area contributed by atoms with Gasteiger partial charge in [-0.05, 0) is 53.5 Å². The predicted molar refractivity (Wildman–Crippen MR) is 88.9 cm³/mol. The molecule has 0 unspecified atom stereocenters. The lowest BCUT2D eigenvalue weighted by Gasteiger charge is -2.26. The molecule has 2 aromatic carbocycles. The highest BCUT2D eigenvalue weighted by Crippen LogP contribution is 2.36. The van der Waals surface area contributed by atoms with Gasteiger partial charge >= 0.3 is 6.36 Å². The minimum Gasteiger partial charge on any atom is -0.406 e. The van der Waals surface area contributed by atoms with E-state index in [0.29, 0.717) is 5.92 Å². The van der Waals surface area contributed by atoms with Gasteiger partial charge in [0.25, 0.3) is 0 Å². The van der Waals surface area contributed by atoms with Gasteiger partial charge in [-0.25, -0.2) is 0 Å². The third kappa shape index (κ3) is 4.31. The molecule has 4 heteroatoms. The number of rotatable bonds is 3. The van der Waals surface area contributed by atoms with Gasteiger partial charge in [-0.1, -0.05) is 56.2 Å². The third-order valence-electron chi connectivity index (χ3n) is 4.82. The van der Waals surface area contributed by atoms with Crippen LogP contribution in [0.5, 0.6) is 5.75 Å². The Morgan fingerprint density at radius 1 is 0.792 bits per heavy atom. The van der Waals surface area contributed by atoms with Crippen molar-refractivity contribution in [3.8, 4) is 16.9 Å². The molecule has 0 aromatic heterocycles. The van der Waals surface area contributed by atoms with Crippen molar-refractivity contribution in [2.75, 3.05) is 0 Å². The molecule has 0 amide bonds. The van der Waals surface area contributed by atoms with Crippen molar-refractivity contribution in [3.63, 3.8) is 0 Å². The molecule has 0 N–H and O–H groups in total. The van der Waals surface area contributed by atoms with Crippen molar-refractivity contribution >= 4 is 0 Å². The zero-order valence-corrected chi connectivity index (χ0v) is 13.6. The Morgan fingerprint density at radius 2 is 1.29 bits per heavy atom. The van der Waals surface area contributed by atoms with Gasteiger partial charge in [0.15, 0.2) is 0 Å². The standard InChI is InChI=1S/C20H21F3O/c1-14-2-4-15(5-3-14)16-6-8-17(9-7-16)18-10-12-19(13-11-18)24-20(21,22)23/h6-15H,2-5H2,1H3. The highest BCUT2D eigenvalue weighted by Gasteiger charge is 2.30. The normalized spacial score (nSPS) is 21.5. The maximum Gasteiger partial charge on any atom is 0.573 e. The highest BCUT2D eigenvalue weighted by molar-refractivity contribution is 5.64. The average molecular weight is 334 g/mol. The van der Waals surface area contributed by atoms with Crippen LogP contribution >= 0.6 is 0 Å². The molecule has 0 radical (unpaired) electrons. The Balaban J connectivity index is 1.69. The molecule has 0 saturated heterocycles. The quantitative estimate of drug-likeness (QED) is 0.619. The predicted octanol–water partition coefficient (Wildman–Crippen LogP) is 6.55. The van der Waals surface area contributed by atoms with Crippen molar-refractivity contribution in [1.29, 1.82) is 0 Å². The van der Waals surface area contributed by atoms with Gasteiger partial charge < -0.3 is 4.74 Å². The minimum atomic E-state index is -4.65. The van der Waals surface area contributed by atoms with Gasteiger partial charge in [-0.2, -0.15) is 0 Å². The summed E-state index contributed by atoms with van der Waals surface area (Å²) in [6.07, 6.45) is 0.398. The van der Waals surface area contributed by atoms with Gasteiger partial charge in [0.2, 0.25) is 0 Å². The van der Waals surface area contributed by atoms with Crippen LogP contribution in [0.25, 0.3) is 11.1 Å². The zero-order valence-electron chi connectivity index (χ0n) is 13.6. The molecule has 0 aliphatic heterocycles. The van der Waals surface area contributed by atoms with Gasteiger partial charge in [0, 0.05) is 0 Å². The molecule has 0 atom stereocenters. The number of benzene rings is 2. The Bertz CT molecular complexity index is 651. The fourth-order valence-electron chi connectivity index (χ4n) is 3.39. The van der Waals surface area contributed by atoms with Crippen molar-refractivity contribution in [1.82, 2.24) is 0 Å². The van der Waals surface area contributed by atoms with Crippen LogP contribution in [0.1, 0.15) is 44.1 Å². The molecular weight excluding hydrogens is 313 g/mol. The highest BCUT2D eigenvalue weighted by atomic mass is 19.4. The lowest BCUT2D eigenvalue weighted by Crippen LogP contribution is -2.16. The first-order valence-electron chi connectivity index (χ1n) is 8.37. The Hall–Kier alpha value is -1.97. The van der Waals surface area contributed by atoms with E-state index < -0.39 is 6.36 Å². The summed E-state index contributed by atoms with van der Waals surface area (Å²) in [4.78, 5) is 0. The van der Waals surface area contributed by atoms with E-state index in [1.807, 2.05) is 12.1 Å². The number of hydrogen-bond donors (Lipinski definition) is 0. The maximum absolute atomic E-state index is 12.2. The first-order chi connectivity index (χ1) is 11.4. The second-order valence-corrected chi connectivity index (χ2v) is 6.65. The first kappa shape index (κ1) is 16.9. The summed E-state index contributed by atoms with van der Waals surface area (Å²) in [6, 6.07) is 14.4. The van der Waals surface area contributed by atoms with Crippen LogP contribution < -0.4 is 4.74 Å². The van der Waals surface area contributed by atoms with Crippen LogP contribution in [0.2, 0.25) is 0 Å². The summed E-state index contributed by atoms with van der Waals surface area (Å²) in [6.45, 7) is 2.31. The third-order valence-corrected chi connectivity index (χ3v) is 4.82. The molecule has 2 aromatic rings. The molecule has 0 bridgehead atoms. The van der Waals surface area contributed by atoms with Crippen molar-refractivity contribution in [3.05, 3.63) is 54.1 Å². The smallest absolute Gasteiger partial charge is 0.406 e. The van der Waals surface area contributed by atoms with Crippen molar-refractivity contribution < 1.29 is 17.9 Å². The monoisotopic (exact) mass is 334 g/mol. The summed E-state index contributed by atoms with van der Waals surface area (Å²) in [7, 11) is 0. The SMILES string of the molecule is CC1CCC(c2ccc(-c3ccc(OC(F)(F)F)cc3)cc2)CC1. The summed E-state index contributed by atoms with van der Waals surface area (Å²) in [5.74, 6) is 1.27. The van der Waals surface area contributed by atoms with E-state index in [0.717, 1.165) is 17.0 Å². The molecule has 0 spiro atoms. The topological polar surface area (TPSA) is 9.23 Å². The minimum absolute atomic E-state index is 0.195. The lowest BCUT2D eigenvalue weighted by atomic mass is 9.79. The molecule has 3 rings (SSSR count). The second kappa shape index (κ2) is 6.88. The lowest BCUT2D eigenvalue weighted by molar-refractivity contribution is -0.274. The second-order valence-electron chi connectivity index (χ2n) is 6.65. The van der Waals surface area contributed by atoms with Crippen LogP contribution in [0, 0.1) is 5.92 Å². The maximum atomic E-state index is 12.2. The van der Waals surface area contributed by atoms with Crippen LogP contribution in [0.3, 0.4) is 0 Å². The zero-order chi connectivity index (χ0) is 17.2. The molecule has 1 saturated carbocycles. The number of halogens is 3. The van der Waals surface area contributed by atoms with Gasteiger partial charge in [0.05, 0.1) is 0 Å². The van der Waals surface area contributed by atoms with Gasteiger partial charge in [-0.3, -0.25) is 0 Å². The largest absolute Gasteiger partial charge is 0.573 e. The van der Waals surface area contributed by atoms with Gasteiger partial charge in [0.1, 0.15) is 5.75 Å². The molecule has 1 nitrogen and oxygen atoms in total. The van der Waals surface area contributed by atoms with Crippen molar-refractivity contribution in [2.24, 2.45) is 5.92 Å². The Labute approximate surface area is 140 Å². The van der Waals surface area contributed by atoms with Crippen LogP contribution in [-0.2, 0) is 0 Å². The molecule has 24 heavy (non-hydrogen) atoms. The summed E-state index contributed by atoms with van der Waals surface area (Å²) >= 11 is 0. The molecule has 0 heterocycles. The van der Waals surface area contributed by atoms with E-state index in [2.05, 4.69) is 23.8 Å². The number of ether oxygens (including phenoxy) is 1. The Kier molecular flexibility index (Phi) is 4.83. The van der Waals surface area contributed by atoms with Crippen LogP contribution in [-0.4, -0.2) is 6.36 Å². The molecule has 1 aliphatic carbocycles. The first-order valence-corrected chi connectivity index (χ1v) is 8.37. The summed E-state index contributed by atoms with van der Waals surface area (Å²) < 4.78 is 40.5. The van der Waals surface area contributed by atoms with E-state index in [9.17, 15) is 13.2 Å². The summed E-state index contributed by atoms with van der Waals surface area (Å²) in [5, 5.41) is 0. The average Bonchev–Trinajstić information content (AvgIpc) is 2.55. The molecular formula is C20H21F3O. The van der Waals surface area contributed by atoms with E-state index in [1.54, 1.807) is 12.1 Å². The number of hydrogen-bond acceptors (Lipinski definition) is 1. The molecule has 1 fully saturated rings. The van der Waals surface area contributed by atoms with Crippen molar-refractivity contribution in [2.45, 2.75) is 44.9 Å². The fraction of sp³-hybridized carbons (Fsp3) is 0.400. The van der Waals surface area contributed by atoms with E-state index in [1.165, 1.54) is 43.4 Å². The fourth-order valence-corrected chi connectivity index (χ4v) is 3.39.